The number of benzene rings is 1. The standard InChI is InChI=1S/C15H17F2N3O2/c1-2-3-7-11(15(21)22)19-13-9-6-4-5-8-10(9)18-14(20-13)12(16)17/h4-6,8,11-12H,2-3,7H2,1H3,(H,21,22)(H,18,19,20). The van der Waals surface area contributed by atoms with Crippen LogP contribution in [0.5, 0.6) is 0 Å². The zero-order valence-corrected chi connectivity index (χ0v) is 12.1. The number of halogens is 2. The van der Waals surface area contributed by atoms with E-state index < -0.39 is 24.3 Å². The summed E-state index contributed by atoms with van der Waals surface area (Å²) in [4.78, 5) is 18.9. The first kappa shape index (κ1) is 16.1. The molecule has 22 heavy (non-hydrogen) atoms. The van der Waals surface area contributed by atoms with Gasteiger partial charge in [-0.25, -0.2) is 23.5 Å². The molecule has 0 aliphatic rings. The Morgan fingerprint density at radius 3 is 2.68 bits per heavy atom. The third-order valence-electron chi connectivity index (χ3n) is 3.27. The molecular weight excluding hydrogens is 292 g/mol. The summed E-state index contributed by atoms with van der Waals surface area (Å²) in [5, 5.41) is 12.5. The van der Waals surface area contributed by atoms with Gasteiger partial charge in [-0.05, 0) is 18.6 Å². The molecule has 0 bridgehead atoms. The van der Waals surface area contributed by atoms with E-state index in [2.05, 4.69) is 15.3 Å². The third kappa shape index (κ3) is 3.66. The number of unbranched alkanes of at least 4 members (excludes halogenated alkanes) is 1. The van der Waals surface area contributed by atoms with Crippen molar-refractivity contribution in [1.29, 1.82) is 0 Å². The summed E-state index contributed by atoms with van der Waals surface area (Å²) in [5.74, 6) is -1.51. The third-order valence-corrected chi connectivity index (χ3v) is 3.27. The van der Waals surface area contributed by atoms with E-state index in [9.17, 15) is 18.7 Å². The van der Waals surface area contributed by atoms with Crippen LogP contribution in [0.2, 0.25) is 0 Å². The number of nitrogens with one attached hydrogen (secondary N) is 1. The molecule has 0 fully saturated rings. The normalized spacial score (nSPS) is 12.5. The molecule has 118 valence electrons. The smallest absolute Gasteiger partial charge is 0.326 e. The number of hydrogen-bond donors (Lipinski definition) is 2. The van der Waals surface area contributed by atoms with Crippen molar-refractivity contribution >= 4 is 22.7 Å². The second kappa shape index (κ2) is 7.11. The predicted octanol–water partition coefficient (Wildman–Crippen LogP) is 3.62. The van der Waals surface area contributed by atoms with Gasteiger partial charge >= 0.3 is 5.97 Å². The van der Waals surface area contributed by atoms with E-state index in [1.54, 1.807) is 24.3 Å². The molecule has 1 unspecified atom stereocenters. The monoisotopic (exact) mass is 309 g/mol. The number of para-hydroxylation sites is 1. The number of carbonyl (C=O) groups is 1. The number of fused-ring (bicyclic) bond motifs is 1. The zero-order valence-electron chi connectivity index (χ0n) is 12.1. The van der Waals surface area contributed by atoms with Gasteiger partial charge in [0.2, 0.25) is 0 Å². The fourth-order valence-electron chi connectivity index (χ4n) is 2.13. The zero-order chi connectivity index (χ0) is 16.1. The first-order valence-electron chi connectivity index (χ1n) is 7.07. The molecule has 0 saturated carbocycles. The molecule has 0 aliphatic heterocycles. The van der Waals surface area contributed by atoms with E-state index >= 15 is 0 Å². The number of rotatable bonds is 7. The van der Waals surface area contributed by atoms with Crippen LogP contribution in [0.25, 0.3) is 10.9 Å². The molecule has 1 aromatic heterocycles. The summed E-state index contributed by atoms with van der Waals surface area (Å²) in [6, 6.07) is 5.80. The molecule has 5 nitrogen and oxygen atoms in total. The van der Waals surface area contributed by atoms with Crippen molar-refractivity contribution in [3.63, 3.8) is 0 Å². The van der Waals surface area contributed by atoms with Gasteiger partial charge in [-0.15, -0.1) is 0 Å². The number of aromatic nitrogens is 2. The minimum absolute atomic E-state index is 0.129. The second-order valence-electron chi connectivity index (χ2n) is 4.93. The summed E-state index contributed by atoms with van der Waals surface area (Å²) >= 11 is 0. The van der Waals surface area contributed by atoms with Crippen LogP contribution in [0.3, 0.4) is 0 Å². The van der Waals surface area contributed by atoms with Gasteiger partial charge < -0.3 is 10.4 Å². The van der Waals surface area contributed by atoms with Crippen molar-refractivity contribution in [2.45, 2.75) is 38.7 Å². The lowest BCUT2D eigenvalue weighted by Crippen LogP contribution is -2.29. The molecule has 0 amide bonds. The van der Waals surface area contributed by atoms with Crippen LogP contribution >= 0.6 is 0 Å². The van der Waals surface area contributed by atoms with E-state index in [4.69, 9.17) is 0 Å². The van der Waals surface area contributed by atoms with Crippen LogP contribution in [-0.4, -0.2) is 27.1 Å². The number of hydrogen-bond acceptors (Lipinski definition) is 4. The fourth-order valence-corrected chi connectivity index (χ4v) is 2.13. The Balaban J connectivity index is 2.41. The van der Waals surface area contributed by atoms with Crippen LogP contribution in [0.15, 0.2) is 24.3 Å². The molecule has 7 heteroatoms. The number of anilines is 1. The molecule has 1 aromatic carbocycles. The number of alkyl halides is 2. The molecule has 0 spiro atoms. The first-order valence-corrected chi connectivity index (χ1v) is 7.07. The Kier molecular flexibility index (Phi) is 5.19. The van der Waals surface area contributed by atoms with Crippen LogP contribution in [0.1, 0.15) is 38.4 Å². The molecule has 2 N–H and O–H groups in total. The van der Waals surface area contributed by atoms with E-state index in [1.165, 1.54) is 0 Å². The molecule has 2 rings (SSSR count). The quantitative estimate of drug-likeness (QED) is 0.817. The fraction of sp³-hybridized carbons (Fsp3) is 0.400. The van der Waals surface area contributed by atoms with Crippen molar-refractivity contribution in [3.8, 4) is 0 Å². The Morgan fingerprint density at radius 1 is 1.32 bits per heavy atom. The molecule has 0 aliphatic carbocycles. The van der Waals surface area contributed by atoms with Crippen LogP contribution in [0, 0.1) is 0 Å². The highest BCUT2D eigenvalue weighted by Crippen LogP contribution is 2.25. The summed E-state index contributed by atoms with van der Waals surface area (Å²) in [7, 11) is 0. The maximum Gasteiger partial charge on any atom is 0.326 e. The second-order valence-corrected chi connectivity index (χ2v) is 4.93. The van der Waals surface area contributed by atoms with Crippen molar-refractivity contribution in [3.05, 3.63) is 30.1 Å². The maximum atomic E-state index is 12.9. The average molecular weight is 309 g/mol. The van der Waals surface area contributed by atoms with Crippen molar-refractivity contribution in [2.24, 2.45) is 0 Å². The molecule has 0 radical (unpaired) electrons. The Morgan fingerprint density at radius 2 is 2.05 bits per heavy atom. The van der Waals surface area contributed by atoms with E-state index in [0.717, 1.165) is 6.42 Å². The van der Waals surface area contributed by atoms with Gasteiger partial charge in [-0.2, -0.15) is 0 Å². The predicted molar refractivity (Wildman–Crippen MR) is 79.1 cm³/mol. The number of aliphatic carboxylic acids is 1. The summed E-state index contributed by atoms with van der Waals surface area (Å²) in [6.45, 7) is 1.95. The van der Waals surface area contributed by atoms with Gasteiger partial charge in [0.05, 0.1) is 5.52 Å². The topological polar surface area (TPSA) is 75.1 Å². The highest BCUT2D eigenvalue weighted by atomic mass is 19.3. The minimum Gasteiger partial charge on any atom is -0.480 e. The summed E-state index contributed by atoms with van der Waals surface area (Å²) in [6.07, 6.45) is -0.856. The average Bonchev–Trinajstić information content (AvgIpc) is 2.50. The molecule has 1 heterocycles. The van der Waals surface area contributed by atoms with Gasteiger partial charge in [0.1, 0.15) is 11.9 Å². The Hall–Kier alpha value is -2.31. The maximum absolute atomic E-state index is 12.9. The van der Waals surface area contributed by atoms with Gasteiger partial charge in [-0.3, -0.25) is 0 Å². The summed E-state index contributed by atoms with van der Waals surface area (Å²) in [5.41, 5.74) is 0.356. The van der Waals surface area contributed by atoms with Crippen molar-refractivity contribution in [1.82, 2.24) is 9.97 Å². The SMILES string of the molecule is CCCCC(Nc1nc(C(F)F)nc2ccccc12)C(=O)O. The van der Waals surface area contributed by atoms with Crippen LogP contribution < -0.4 is 5.32 Å². The van der Waals surface area contributed by atoms with Gasteiger partial charge in [0.15, 0.2) is 5.82 Å². The first-order chi connectivity index (χ1) is 10.5. The minimum atomic E-state index is -2.82. The van der Waals surface area contributed by atoms with Gasteiger partial charge in [0, 0.05) is 5.39 Å². The molecule has 0 saturated heterocycles. The lowest BCUT2D eigenvalue weighted by Gasteiger charge is -2.16. The highest BCUT2D eigenvalue weighted by Gasteiger charge is 2.20. The van der Waals surface area contributed by atoms with E-state index in [1.807, 2.05) is 6.92 Å². The largest absolute Gasteiger partial charge is 0.480 e. The Labute approximate surface area is 126 Å². The van der Waals surface area contributed by atoms with Gasteiger partial charge in [-0.1, -0.05) is 31.9 Å². The van der Waals surface area contributed by atoms with E-state index in [-0.39, 0.29) is 5.82 Å². The number of carboxylic acid groups (broad SMARTS) is 1. The van der Waals surface area contributed by atoms with Crippen molar-refractivity contribution in [2.75, 3.05) is 5.32 Å². The van der Waals surface area contributed by atoms with Crippen molar-refractivity contribution < 1.29 is 18.7 Å². The summed E-state index contributed by atoms with van der Waals surface area (Å²) < 4.78 is 25.8. The van der Waals surface area contributed by atoms with Gasteiger partial charge in [0.25, 0.3) is 6.43 Å². The lowest BCUT2D eigenvalue weighted by molar-refractivity contribution is -0.138. The molecule has 2 aromatic rings. The Bertz CT molecular complexity index is 664. The van der Waals surface area contributed by atoms with E-state index in [0.29, 0.717) is 23.7 Å². The lowest BCUT2D eigenvalue weighted by atomic mass is 10.1. The van der Waals surface area contributed by atoms with Crippen LogP contribution in [0.4, 0.5) is 14.6 Å². The van der Waals surface area contributed by atoms with Crippen LogP contribution in [-0.2, 0) is 4.79 Å². The molecule has 1 atom stereocenters. The highest BCUT2D eigenvalue weighted by molar-refractivity contribution is 5.90. The number of nitrogens with zero attached hydrogens (tertiary/aromatic N) is 2. The number of carboxylic acids is 1. The molecular formula is C15H17F2N3O2.